The molecule has 1 rings (SSSR count). The maximum absolute atomic E-state index is 8.86. The molecule has 0 spiro atoms. The van der Waals surface area contributed by atoms with Crippen LogP contribution < -0.4 is 0 Å². The summed E-state index contributed by atoms with van der Waals surface area (Å²) in [6, 6.07) is 5.14. The Labute approximate surface area is 98.2 Å². The predicted octanol–water partition coefficient (Wildman–Crippen LogP) is 1.70. The molecule has 0 saturated carbocycles. The van der Waals surface area contributed by atoms with Gasteiger partial charge in [0.25, 0.3) is 0 Å². The summed E-state index contributed by atoms with van der Waals surface area (Å²) in [5, 5.41) is 17.6. The van der Waals surface area contributed by atoms with Crippen molar-refractivity contribution in [1.82, 2.24) is 9.88 Å². The fraction of sp³-hybridized carbons (Fsp3) is 0.200. The number of nitriles is 2. The van der Waals surface area contributed by atoms with Crippen molar-refractivity contribution in [2.75, 3.05) is 14.1 Å². The topological polar surface area (TPSA) is 76.1 Å². The van der Waals surface area contributed by atoms with Crippen LogP contribution in [0.4, 0.5) is 5.82 Å². The largest absolute Gasteiger partial charge is 0.369 e. The first kappa shape index (κ1) is 12.0. The number of hydrogen-bond acceptors (Lipinski definition) is 4. The first-order valence-corrected chi connectivity index (χ1v) is 4.67. The second-order valence-electron chi connectivity index (χ2n) is 3.13. The summed E-state index contributed by atoms with van der Waals surface area (Å²) in [5.74, 6) is 0.209. The third kappa shape index (κ3) is 2.69. The second-order valence-corrected chi connectivity index (χ2v) is 3.49. The zero-order valence-electron chi connectivity index (χ0n) is 8.77. The summed E-state index contributed by atoms with van der Waals surface area (Å²) in [6.07, 6.45) is 1.51. The molecule has 0 unspecified atom stereocenters. The molecule has 0 aliphatic carbocycles. The van der Waals surface area contributed by atoms with E-state index in [1.807, 2.05) is 12.1 Å². The van der Waals surface area contributed by atoms with Crippen molar-refractivity contribution in [3.05, 3.63) is 22.3 Å². The lowest BCUT2D eigenvalue weighted by Crippen LogP contribution is -2.07. The van der Waals surface area contributed by atoms with Crippen LogP contribution in [0.3, 0.4) is 0 Å². The minimum absolute atomic E-state index is 0.0485. The van der Waals surface area contributed by atoms with Crippen LogP contribution >= 0.6 is 11.6 Å². The highest BCUT2D eigenvalue weighted by molar-refractivity contribution is 6.30. The van der Waals surface area contributed by atoms with E-state index in [2.05, 4.69) is 9.98 Å². The number of rotatable bonds is 2. The van der Waals surface area contributed by atoms with Gasteiger partial charge in [-0.15, -0.1) is 0 Å². The number of nitrogens with zero attached hydrogens (tertiary/aromatic N) is 5. The van der Waals surface area contributed by atoms with Crippen molar-refractivity contribution >= 4 is 23.8 Å². The maximum Gasteiger partial charge on any atom is 0.173 e. The van der Waals surface area contributed by atoms with E-state index in [0.717, 1.165) is 0 Å². The second kappa shape index (κ2) is 5.11. The summed E-state index contributed by atoms with van der Waals surface area (Å²) < 4.78 is 0. The molecular formula is C10H8ClN5. The van der Waals surface area contributed by atoms with Crippen LogP contribution in [-0.2, 0) is 0 Å². The van der Waals surface area contributed by atoms with Crippen molar-refractivity contribution in [2.24, 2.45) is 4.99 Å². The molecule has 16 heavy (non-hydrogen) atoms. The molecule has 0 aliphatic heterocycles. The van der Waals surface area contributed by atoms with E-state index in [-0.39, 0.29) is 22.1 Å². The minimum Gasteiger partial charge on any atom is -0.369 e. The van der Waals surface area contributed by atoms with E-state index in [9.17, 15) is 0 Å². The molecule has 6 heteroatoms. The van der Waals surface area contributed by atoms with Gasteiger partial charge in [0.15, 0.2) is 5.82 Å². The van der Waals surface area contributed by atoms with E-state index < -0.39 is 0 Å². The van der Waals surface area contributed by atoms with Gasteiger partial charge in [0, 0.05) is 14.1 Å². The summed E-state index contributed by atoms with van der Waals surface area (Å²) in [5.41, 5.74) is 0.390. The zero-order valence-corrected chi connectivity index (χ0v) is 9.52. The van der Waals surface area contributed by atoms with E-state index in [4.69, 9.17) is 22.1 Å². The van der Waals surface area contributed by atoms with Gasteiger partial charge in [0.1, 0.15) is 17.3 Å². The molecular weight excluding hydrogens is 226 g/mol. The smallest absolute Gasteiger partial charge is 0.173 e. The van der Waals surface area contributed by atoms with Crippen LogP contribution in [0.1, 0.15) is 11.1 Å². The number of aliphatic imine (C=N–C) groups is 1. The molecule has 0 radical (unpaired) electrons. The molecule has 0 fully saturated rings. The van der Waals surface area contributed by atoms with Crippen LogP contribution in [0.2, 0.25) is 5.15 Å². The molecule has 1 aromatic rings. The normalized spacial score (nSPS) is 9.81. The summed E-state index contributed by atoms with van der Waals surface area (Å²) >= 11 is 5.74. The molecule has 1 aromatic heterocycles. The Balaban J connectivity index is 3.26. The zero-order chi connectivity index (χ0) is 12.1. The van der Waals surface area contributed by atoms with Gasteiger partial charge in [-0.1, -0.05) is 11.6 Å². The Morgan fingerprint density at radius 3 is 2.50 bits per heavy atom. The highest BCUT2D eigenvalue weighted by Gasteiger charge is 2.08. The van der Waals surface area contributed by atoms with Gasteiger partial charge in [-0.2, -0.15) is 10.5 Å². The van der Waals surface area contributed by atoms with Crippen LogP contribution in [0.5, 0.6) is 0 Å². The Morgan fingerprint density at radius 2 is 2.00 bits per heavy atom. The predicted molar refractivity (Wildman–Crippen MR) is 60.5 cm³/mol. The van der Waals surface area contributed by atoms with Crippen LogP contribution in [0.15, 0.2) is 11.1 Å². The van der Waals surface area contributed by atoms with Gasteiger partial charge in [-0.25, -0.2) is 9.98 Å². The standard InChI is InChI=1S/C10H8ClN5/c1-16(2)6-14-10-8(5-13)3-7(4-12)9(11)15-10/h3,6H,1-2H3. The molecule has 0 amide bonds. The molecule has 0 bridgehead atoms. The average molecular weight is 234 g/mol. The molecule has 0 N–H and O–H groups in total. The third-order valence-corrected chi connectivity index (χ3v) is 1.90. The van der Waals surface area contributed by atoms with E-state index in [1.54, 1.807) is 19.0 Å². The summed E-state index contributed by atoms with van der Waals surface area (Å²) in [7, 11) is 3.58. The Bertz CT molecular complexity index is 507. The van der Waals surface area contributed by atoms with Gasteiger partial charge in [-0.05, 0) is 6.07 Å². The lowest BCUT2D eigenvalue weighted by atomic mass is 10.2. The van der Waals surface area contributed by atoms with Crippen molar-refractivity contribution in [2.45, 2.75) is 0 Å². The van der Waals surface area contributed by atoms with Gasteiger partial charge in [0.05, 0.1) is 17.5 Å². The molecule has 5 nitrogen and oxygen atoms in total. The molecule has 1 heterocycles. The van der Waals surface area contributed by atoms with Crippen LogP contribution in [-0.4, -0.2) is 30.3 Å². The van der Waals surface area contributed by atoms with Crippen LogP contribution in [0.25, 0.3) is 0 Å². The number of hydrogen-bond donors (Lipinski definition) is 0. The molecule has 0 aromatic carbocycles. The van der Waals surface area contributed by atoms with Crippen molar-refractivity contribution in [3.63, 3.8) is 0 Å². The maximum atomic E-state index is 8.86. The van der Waals surface area contributed by atoms with E-state index >= 15 is 0 Å². The van der Waals surface area contributed by atoms with Crippen molar-refractivity contribution in [3.8, 4) is 12.1 Å². The molecule has 0 atom stereocenters. The SMILES string of the molecule is CN(C)C=Nc1nc(Cl)c(C#N)cc1C#N. The minimum atomic E-state index is 0.0485. The van der Waals surface area contributed by atoms with Crippen LogP contribution in [0, 0.1) is 22.7 Å². The fourth-order valence-corrected chi connectivity index (χ4v) is 1.09. The first-order chi connectivity index (χ1) is 7.58. The number of pyridine rings is 1. The van der Waals surface area contributed by atoms with Crippen molar-refractivity contribution in [1.29, 1.82) is 10.5 Å². The summed E-state index contributed by atoms with van der Waals surface area (Å²) in [4.78, 5) is 9.57. The van der Waals surface area contributed by atoms with Gasteiger partial charge >= 0.3 is 0 Å². The Morgan fingerprint density at radius 1 is 1.38 bits per heavy atom. The summed E-state index contributed by atoms with van der Waals surface area (Å²) in [6.45, 7) is 0. The lowest BCUT2D eigenvalue weighted by Gasteiger charge is -2.03. The van der Waals surface area contributed by atoms with Crippen molar-refractivity contribution < 1.29 is 0 Å². The Kier molecular flexibility index (Phi) is 3.82. The van der Waals surface area contributed by atoms with Gasteiger partial charge in [0.2, 0.25) is 0 Å². The molecule has 80 valence electrons. The average Bonchev–Trinajstić information content (AvgIpc) is 2.26. The lowest BCUT2D eigenvalue weighted by molar-refractivity contribution is 0.643. The van der Waals surface area contributed by atoms with E-state index in [0.29, 0.717) is 0 Å². The molecule has 0 saturated heterocycles. The van der Waals surface area contributed by atoms with Gasteiger partial charge in [-0.3, -0.25) is 0 Å². The van der Waals surface area contributed by atoms with Gasteiger partial charge < -0.3 is 4.90 Å². The first-order valence-electron chi connectivity index (χ1n) is 4.30. The number of aromatic nitrogens is 1. The van der Waals surface area contributed by atoms with E-state index in [1.165, 1.54) is 12.4 Å². The third-order valence-electron chi connectivity index (χ3n) is 1.61. The molecule has 0 aliphatic rings. The fourth-order valence-electron chi connectivity index (χ4n) is 0.911. The highest BCUT2D eigenvalue weighted by Crippen LogP contribution is 2.22. The quantitative estimate of drug-likeness (QED) is 0.443. The Hall–Kier alpha value is -2.11. The number of halogens is 1. The monoisotopic (exact) mass is 233 g/mol. The highest BCUT2D eigenvalue weighted by atomic mass is 35.5.